The maximum absolute atomic E-state index is 17.7. The van der Waals surface area contributed by atoms with E-state index in [1.54, 1.807) is 17.9 Å². The Kier molecular flexibility index (Phi) is 15.0. The Morgan fingerprint density at radius 3 is 2.25 bits per heavy atom. The van der Waals surface area contributed by atoms with Crippen molar-refractivity contribution in [3.63, 3.8) is 0 Å². The molecule has 3 unspecified atom stereocenters. The van der Waals surface area contributed by atoms with Gasteiger partial charge in [-0.15, -0.1) is 6.42 Å². The minimum absolute atomic E-state index is 0.0864. The summed E-state index contributed by atoms with van der Waals surface area (Å²) in [6.07, 6.45) is 13.8. The number of carbonyl (C=O) groups excluding carboxylic acids is 3. The molecule has 8 rings (SSSR count). The van der Waals surface area contributed by atoms with Crippen LogP contribution < -0.4 is 14.4 Å². The molecule has 4 aromatic rings. The van der Waals surface area contributed by atoms with Crippen molar-refractivity contribution < 1.29 is 46.5 Å². The summed E-state index contributed by atoms with van der Waals surface area (Å²) in [6, 6.07) is 4.99. The predicted octanol–water partition coefficient (Wildman–Crippen LogP) is 10.1. The van der Waals surface area contributed by atoms with Gasteiger partial charge in [0.15, 0.2) is 5.82 Å². The third-order valence-corrected chi connectivity index (χ3v) is 14.3. The molecule has 13 nitrogen and oxygen atoms in total. The van der Waals surface area contributed by atoms with Crippen LogP contribution in [0.15, 0.2) is 30.5 Å². The fourth-order valence-electron chi connectivity index (χ4n) is 11.2. The standard InChI is InChI=1S/C52H63F3N6O7/c1-7-13-32(14-8-2)48(62)66-31(6)67-51(64)61-36-18-19-37(61)29-59(28-36)47-41-26-56-45(44(55)46(41)57-50(58-47)65-30-52-21-12-22-60(52)27-35(53)25-52)40-24-38(68-49(63)33(15-9-3)16-10-4)23-34-17-20-42(54)39(11-5)43(34)40/h5,17,20,23-24,26,31-33,35-37H,7-10,12-16,18-19,21-22,25,27-30H2,1-4,6H3/t31?,35-,36?,37?,52+/m1/s1. The predicted molar refractivity (Wildman–Crippen MR) is 252 cm³/mol. The number of anilines is 1. The molecule has 0 saturated carbocycles. The number of hydrogen-bond acceptors (Lipinski definition) is 12. The van der Waals surface area contributed by atoms with Crippen LogP contribution in [0.25, 0.3) is 32.9 Å². The number of halogens is 3. The van der Waals surface area contributed by atoms with E-state index in [2.05, 4.69) is 20.8 Å². The third-order valence-electron chi connectivity index (χ3n) is 14.3. The molecule has 2 bridgehead atoms. The van der Waals surface area contributed by atoms with Crippen LogP contribution >= 0.6 is 0 Å². The molecule has 0 radical (unpaired) electrons. The zero-order valence-corrected chi connectivity index (χ0v) is 39.8. The molecule has 1 amide bonds. The van der Waals surface area contributed by atoms with Gasteiger partial charge in [-0.3, -0.25) is 24.4 Å². The highest BCUT2D eigenvalue weighted by Crippen LogP contribution is 2.43. The van der Waals surface area contributed by atoms with E-state index in [0.29, 0.717) is 75.8 Å². The molecule has 5 atom stereocenters. The maximum Gasteiger partial charge on any atom is 0.413 e. The highest BCUT2D eigenvalue weighted by molar-refractivity contribution is 6.03. The summed E-state index contributed by atoms with van der Waals surface area (Å²) >= 11 is 0. The highest BCUT2D eigenvalue weighted by atomic mass is 19.1. The monoisotopic (exact) mass is 940 g/mol. The van der Waals surface area contributed by atoms with Crippen molar-refractivity contribution in [1.29, 1.82) is 0 Å². The van der Waals surface area contributed by atoms with Gasteiger partial charge in [0.25, 0.3) is 0 Å². The number of alkyl halides is 1. The first kappa shape index (κ1) is 48.8. The second-order valence-electron chi connectivity index (χ2n) is 19.1. The second kappa shape index (κ2) is 20.9. The van der Waals surface area contributed by atoms with E-state index in [1.807, 2.05) is 32.6 Å². The van der Waals surface area contributed by atoms with Gasteiger partial charge in [-0.2, -0.15) is 9.97 Å². The lowest BCUT2D eigenvalue weighted by atomic mass is 9.95. The normalized spacial score (nSPS) is 21.7. The minimum atomic E-state index is -1.09. The van der Waals surface area contributed by atoms with Crippen LogP contribution in [0.1, 0.15) is 124 Å². The van der Waals surface area contributed by atoms with Gasteiger partial charge in [-0.25, -0.2) is 18.0 Å². The van der Waals surface area contributed by atoms with E-state index >= 15 is 8.78 Å². The van der Waals surface area contributed by atoms with Gasteiger partial charge in [0, 0.05) is 50.1 Å². The fraction of sp³-hybridized carbons (Fsp3) is 0.577. The van der Waals surface area contributed by atoms with Crippen molar-refractivity contribution in [2.24, 2.45) is 11.8 Å². The van der Waals surface area contributed by atoms with Crippen LogP contribution in [-0.4, -0.2) is 106 Å². The Labute approximate surface area is 396 Å². The molecule has 0 aliphatic carbocycles. The fourth-order valence-corrected chi connectivity index (χ4v) is 11.2. The summed E-state index contributed by atoms with van der Waals surface area (Å²) < 4.78 is 71.7. The number of benzene rings is 2. The van der Waals surface area contributed by atoms with Crippen molar-refractivity contribution in [1.82, 2.24) is 24.8 Å². The lowest BCUT2D eigenvalue weighted by Gasteiger charge is -2.41. The molecular formula is C52H63F3N6O7. The lowest BCUT2D eigenvalue weighted by Crippen LogP contribution is -2.56. The number of nitrogens with zero attached hydrogens (tertiary/aromatic N) is 6. The van der Waals surface area contributed by atoms with Crippen LogP contribution in [-0.2, 0) is 19.1 Å². The number of pyridine rings is 1. The first-order chi connectivity index (χ1) is 32.8. The summed E-state index contributed by atoms with van der Waals surface area (Å²) in [5.74, 6) is -0.106. The molecule has 4 fully saturated rings. The van der Waals surface area contributed by atoms with Crippen molar-refractivity contribution >= 4 is 45.5 Å². The van der Waals surface area contributed by atoms with Crippen LogP contribution in [0.5, 0.6) is 11.8 Å². The van der Waals surface area contributed by atoms with Gasteiger partial charge < -0.3 is 23.8 Å². The molecule has 6 heterocycles. The molecule has 0 spiro atoms. The van der Waals surface area contributed by atoms with Crippen LogP contribution in [0.4, 0.5) is 23.8 Å². The molecule has 364 valence electrons. The maximum atomic E-state index is 17.7. The largest absolute Gasteiger partial charge is 0.461 e. The Morgan fingerprint density at radius 2 is 1.59 bits per heavy atom. The summed E-state index contributed by atoms with van der Waals surface area (Å²) in [6.45, 7) is 11.3. The van der Waals surface area contributed by atoms with Crippen molar-refractivity contribution in [2.45, 2.75) is 148 Å². The van der Waals surface area contributed by atoms with E-state index in [1.165, 1.54) is 24.4 Å². The number of esters is 2. The minimum Gasteiger partial charge on any atom is -0.461 e. The number of terminal acetylenes is 1. The summed E-state index contributed by atoms with van der Waals surface area (Å²) in [5.41, 5.74) is -0.924. The van der Waals surface area contributed by atoms with Crippen LogP contribution in [0.3, 0.4) is 0 Å². The quantitative estimate of drug-likeness (QED) is 0.0407. The topological polar surface area (TPSA) is 137 Å². The summed E-state index contributed by atoms with van der Waals surface area (Å²) in [5, 5.41) is 0.872. The molecule has 4 aliphatic rings. The molecular weight excluding hydrogens is 878 g/mol. The molecule has 4 aliphatic heterocycles. The van der Waals surface area contributed by atoms with Crippen LogP contribution in [0.2, 0.25) is 0 Å². The number of fused-ring (bicyclic) bond motifs is 5. The Hall–Kier alpha value is -5.69. The molecule has 2 aromatic carbocycles. The average molecular weight is 941 g/mol. The highest BCUT2D eigenvalue weighted by Gasteiger charge is 2.50. The number of aromatic nitrogens is 3. The lowest BCUT2D eigenvalue weighted by molar-refractivity contribution is -0.172. The SMILES string of the molecule is C#Cc1c(F)ccc2cc(OC(=O)C(CCC)CCC)cc(-c3ncc4c(N5CC6CCC(C5)N6C(=O)OC(C)OC(=O)C(CCC)CCC)nc(OC[C@@]56CCCN5C[C@H](F)C6)nc4c3F)c12. The van der Waals surface area contributed by atoms with Crippen molar-refractivity contribution in [3.8, 4) is 35.4 Å². The summed E-state index contributed by atoms with van der Waals surface area (Å²) in [4.78, 5) is 60.2. The van der Waals surface area contributed by atoms with E-state index in [4.69, 9.17) is 30.4 Å². The van der Waals surface area contributed by atoms with Crippen LogP contribution in [0, 0.1) is 35.8 Å². The summed E-state index contributed by atoms with van der Waals surface area (Å²) in [7, 11) is 0. The number of hydrogen-bond donors (Lipinski definition) is 0. The Morgan fingerprint density at radius 1 is 0.912 bits per heavy atom. The van der Waals surface area contributed by atoms with Crippen molar-refractivity contribution in [2.75, 3.05) is 37.7 Å². The second-order valence-corrected chi connectivity index (χ2v) is 19.1. The van der Waals surface area contributed by atoms with E-state index in [0.717, 1.165) is 45.1 Å². The first-order valence-corrected chi connectivity index (χ1v) is 24.6. The van der Waals surface area contributed by atoms with Gasteiger partial charge in [0.1, 0.15) is 41.4 Å². The number of piperazine rings is 1. The molecule has 0 N–H and O–H groups in total. The van der Waals surface area contributed by atoms with Gasteiger partial charge in [-0.05, 0) is 81.5 Å². The van der Waals surface area contributed by atoms with Gasteiger partial charge >= 0.3 is 24.0 Å². The third kappa shape index (κ3) is 9.78. The number of amides is 1. The number of carbonyl (C=O) groups is 3. The molecule has 16 heteroatoms. The molecule has 68 heavy (non-hydrogen) atoms. The first-order valence-electron chi connectivity index (χ1n) is 24.6. The van der Waals surface area contributed by atoms with Gasteiger partial charge in [0.05, 0.1) is 40.4 Å². The van der Waals surface area contributed by atoms with E-state index in [9.17, 15) is 18.8 Å². The zero-order chi connectivity index (χ0) is 48.3. The smallest absolute Gasteiger partial charge is 0.413 e. The number of ether oxygens (including phenoxy) is 4. The average Bonchev–Trinajstić information content (AvgIpc) is 3.94. The Bertz CT molecular complexity index is 2550. The molecule has 2 aromatic heterocycles. The Balaban J connectivity index is 1.15. The van der Waals surface area contributed by atoms with Gasteiger partial charge in [0.2, 0.25) is 6.29 Å². The molecule has 4 saturated heterocycles. The van der Waals surface area contributed by atoms with Crippen molar-refractivity contribution in [3.05, 3.63) is 47.7 Å². The zero-order valence-electron chi connectivity index (χ0n) is 39.8. The van der Waals surface area contributed by atoms with Gasteiger partial charge in [-0.1, -0.05) is 65.4 Å². The van der Waals surface area contributed by atoms with E-state index in [-0.39, 0.29) is 81.4 Å². The number of rotatable bonds is 18. The van der Waals surface area contributed by atoms with E-state index < -0.39 is 41.7 Å².